The summed E-state index contributed by atoms with van der Waals surface area (Å²) in [7, 11) is 1.37. The van der Waals surface area contributed by atoms with E-state index in [0.717, 1.165) is 31.4 Å². The number of urea groups is 1. The molecule has 0 aromatic heterocycles. The van der Waals surface area contributed by atoms with Gasteiger partial charge in [0.05, 0.1) is 12.7 Å². The first kappa shape index (κ1) is 13.9. The van der Waals surface area contributed by atoms with E-state index in [9.17, 15) is 9.59 Å². The highest BCUT2D eigenvalue weighted by atomic mass is 16.5. The summed E-state index contributed by atoms with van der Waals surface area (Å²) in [4.78, 5) is 23.5. The maximum Gasteiger partial charge on any atom is 0.335 e. The summed E-state index contributed by atoms with van der Waals surface area (Å²) in [6.07, 6.45) is 8.05. The van der Waals surface area contributed by atoms with Crippen LogP contribution in [0.4, 0.5) is 4.79 Å². The smallest absolute Gasteiger partial charge is 0.335 e. The summed E-state index contributed by atoms with van der Waals surface area (Å²) in [5.74, 6) is -0.328. The topological polar surface area (TPSA) is 67.4 Å². The zero-order chi connectivity index (χ0) is 13.7. The molecule has 2 N–H and O–H groups in total. The van der Waals surface area contributed by atoms with Gasteiger partial charge >= 0.3 is 12.0 Å². The van der Waals surface area contributed by atoms with Crippen molar-refractivity contribution in [3.63, 3.8) is 0 Å². The fourth-order valence-corrected chi connectivity index (χ4v) is 2.84. The van der Waals surface area contributed by atoms with Crippen molar-refractivity contribution in [3.05, 3.63) is 11.3 Å². The summed E-state index contributed by atoms with van der Waals surface area (Å²) in [6.45, 7) is 0. The molecule has 0 heterocycles. The van der Waals surface area contributed by atoms with Gasteiger partial charge in [0.2, 0.25) is 0 Å². The molecule has 2 aliphatic carbocycles. The third kappa shape index (κ3) is 3.72. The molecule has 5 heteroatoms. The number of methoxy groups -OCH3 is 1. The van der Waals surface area contributed by atoms with E-state index >= 15 is 0 Å². The SMILES string of the molecule is COC(=O)C1=C(NC(=O)NC2CCCCC2)CCC1. The molecule has 1 fully saturated rings. The predicted octanol–water partition coefficient (Wildman–Crippen LogP) is 2.23. The van der Waals surface area contributed by atoms with Crippen molar-refractivity contribution in [2.45, 2.75) is 57.4 Å². The molecular formula is C14H22N2O3. The van der Waals surface area contributed by atoms with Gasteiger partial charge in [0, 0.05) is 11.7 Å². The van der Waals surface area contributed by atoms with Crippen LogP contribution in [0.25, 0.3) is 0 Å². The zero-order valence-corrected chi connectivity index (χ0v) is 11.5. The van der Waals surface area contributed by atoms with E-state index < -0.39 is 0 Å². The summed E-state index contributed by atoms with van der Waals surface area (Å²) < 4.78 is 4.73. The van der Waals surface area contributed by atoms with Crippen molar-refractivity contribution in [3.8, 4) is 0 Å². The van der Waals surface area contributed by atoms with Crippen LogP contribution < -0.4 is 10.6 Å². The zero-order valence-electron chi connectivity index (χ0n) is 11.5. The lowest BCUT2D eigenvalue weighted by molar-refractivity contribution is -0.136. The minimum atomic E-state index is -0.328. The van der Waals surface area contributed by atoms with Crippen molar-refractivity contribution in [1.29, 1.82) is 0 Å². The monoisotopic (exact) mass is 266 g/mol. The number of rotatable bonds is 3. The van der Waals surface area contributed by atoms with Gasteiger partial charge in [-0.15, -0.1) is 0 Å². The molecule has 0 aromatic carbocycles. The first-order valence-electron chi connectivity index (χ1n) is 7.08. The van der Waals surface area contributed by atoms with E-state index in [1.54, 1.807) is 0 Å². The molecule has 0 atom stereocenters. The second kappa shape index (κ2) is 6.59. The third-order valence-corrected chi connectivity index (χ3v) is 3.85. The standard InChI is InChI=1S/C14H22N2O3/c1-19-13(17)11-8-5-9-12(11)16-14(18)15-10-6-3-2-4-7-10/h10H,2-9H2,1H3,(H2,15,16,18). The number of hydrogen-bond acceptors (Lipinski definition) is 3. The lowest BCUT2D eigenvalue weighted by atomic mass is 9.96. The van der Waals surface area contributed by atoms with E-state index in [2.05, 4.69) is 10.6 Å². The van der Waals surface area contributed by atoms with Gasteiger partial charge in [0.1, 0.15) is 0 Å². The fraction of sp³-hybridized carbons (Fsp3) is 0.714. The largest absolute Gasteiger partial charge is 0.466 e. The first-order valence-corrected chi connectivity index (χ1v) is 7.08. The molecule has 1 saturated carbocycles. The van der Waals surface area contributed by atoms with Gasteiger partial charge in [0.15, 0.2) is 0 Å². The molecule has 0 aliphatic heterocycles. The van der Waals surface area contributed by atoms with E-state index in [0.29, 0.717) is 12.0 Å². The molecule has 2 rings (SSSR count). The average Bonchev–Trinajstić information content (AvgIpc) is 2.87. The number of amides is 2. The van der Waals surface area contributed by atoms with Crippen LogP contribution in [0.1, 0.15) is 51.4 Å². The van der Waals surface area contributed by atoms with Crippen molar-refractivity contribution in [2.75, 3.05) is 7.11 Å². The number of carbonyl (C=O) groups excluding carboxylic acids is 2. The van der Waals surface area contributed by atoms with Gasteiger partial charge in [-0.3, -0.25) is 0 Å². The highest BCUT2D eigenvalue weighted by molar-refractivity contribution is 5.91. The molecule has 0 aromatic rings. The lowest BCUT2D eigenvalue weighted by Gasteiger charge is -2.23. The minimum absolute atomic E-state index is 0.190. The number of nitrogens with one attached hydrogen (secondary N) is 2. The number of hydrogen-bond donors (Lipinski definition) is 2. The van der Waals surface area contributed by atoms with E-state index in [1.807, 2.05) is 0 Å². The molecule has 19 heavy (non-hydrogen) atoms. The maximum atomic E-state index is 11.9. The number of esters is 1. The van der Waals surface area contributed by atoms with E-state index in [-0.39, 0.29) is 18.0 Å². The third-order valence-electron chi connectivity index (χ3n) is 3.85. The van der Waals surface area contributed by atoms with Gasteiger partial charge in [-0.1, -0.05) is 19.3 Å². The molecule has 2 aliphatic rings. The molecule has 0 bridgehead atoms. The van der Waals surface area contributed by atoms with Crippen LogP contribution in [-0.4, -0.2) is 25.2 Å². The van der Waals surface area contributed by atoms with E-state index in [4.69, 9.17) is 4.74 Å². The lowest BCUT2D eigenvalue weighted by Crippen LogP contribution is -2.42. The summed E-state index contributed by atoms with van der Waals surface area (Å²) >= 11 is 0. The Kier molecular flexibility index (Phi) is 4.82. The Morgan fingerprint density at radius 3 is 2.53 bits per heavy atom. The summed E-state index contributed by atoms with van der Waals surface area (Å²) in [6, 6.07) is 0.0857. The van der Waals surface area contributed by atoms with Crippen LogP contribution in [0.15, 0.2) is 11.3 Å². The quantitative estimate of drug-likeness (QED) is 0.770. The van der Waals surface area contributed by atoms with Gasteiger partial charge in [-0.25, -0.2) is 9.59 Å². The van der Waals surface area contributed by atoms with Crippen LogP contribution in [-0.2, 0) is 9.53 Å². The highest BCUT2D eigenvalue weighted by Crippen LogP contribution is 2.25. The molecule has 5 nitrogen and oxygen atoms in total. The van der Waals surface area contributed by atoms with Crippen LogP contribution >= 0.6 is 0 Å². The van der Waals surface area contributed by atoms with Gasteiger partial charge in [-0.05, 0) is 32.1 Å². The van der Waals surface area contributed by atoms with Crippen LogP contribution in [0.3, 0.4) is 0 Å². The Labute approximate surface area is 113 Å². The summed E-state index contributed by atoms with van der Waals surface area (Å²) in [5.41, 5.74) is 1.33. The Morgan fingerprint density at radius 2 is 1.84 bits per heavy atom. The van der Waals surface area contributed by atoms with Crippen LogP contribution in [0, 0.1) is 0 Å². The molecule has 0 saturated heterocycles. The van der Waals surface area contributed by atoms with Crippen molar-refractivity contribution in [1.82, 2.24) is 10.6 Å². The maximum absolute atomic E-state index is 11.9. The number of ether oxygens (including phenoxy) is 1. The van der Waals surface area contributed by atoms with Crippen LogP contribution in [0.5, 0.6) is 0 Å². The van der Waals surface area contributed by atoms with Crippen molar-refractivity contribution >= 4 is 12.0 Å². The predicted molar refractivity (Wildman–Crippen MR) is 71.4 cm³/mol. The second-order valence-electron chi connectivity index (χ2n) is 5.24. The normalized spacial score (nSPS) is 20.3. The molecule has 0 radical (unpaired) electrons. The van der Waals surface area contributed by atoms with Crippen LogP contribution in [0.2, 0.25) is 0 Å². The number of allylic oxidation sites excluding steroid dienone is 1. The second-order valence-corrected chi connectivity index (χ2v) is 5.24. The molecule has 106 valence electrons. The average molecular weight is 266 g/mol. The minimum Gasteiger partial charge on any atom is -0.466 e. The van der Waals surface area contributed by atoms with Crippen molar-refractivity contribution < 1.29 is 14.3 Å². The fourth-order valence-electron chi connectivity index (χ4n) is 2.84. The Hall–Kier alpha value is -1.52. The first-order chi connectivity index (χ1) is 9.20. The molecule has 0 unspecified atom stereocenters. The Balaban J connectivity index is 1.88. The Morgan fingerprint density at radius 1 is 1.11 bits per heavy atom. The number of carbonyl (C=O) groups is 2. The van der Waals surface area contributed by atoms with Gasteiger partial charge < -0.3 is 15.4 Å². The molecular weight excluding hydrogens is 244 g/mol. The van der Waals surface area contributed by atoms with Crippen molar-refractivity contribution in [2.24, 2.45) is 0 Å². The van der Waals surface area contributed by atoms with Gasteiger partial charge in [-0.2, -0.15) is 0 Å². The molecule has 2 amide bonds. The highest BCUT2D eigenvalue weighted by Gasteiger charge is 2.23. The Bertz CT molecular complexity index is 384. The summed E-state index contributed by atoms with van der Waals surface area (Å²) in [5, 5.41) is 5.81. The van der Waals surface area contributed by atoms with E-state index in [1.165, 1.54) is 26.4 Å². The van der Waals surface area contributed by atoms with Gasteiger partial charge in [0.25, 0.3) is 0 Å². The molecule has 0 spiro atoms.